The lowest BCUT2D eigenvalue weighted by molar-refractivity contribution is 0.231. The van der Waals surface area contributed by atoms with E-state index in [4.69, 9.17) is 4.74 Å². The summed E-state index contributed by atoms with van der Waals surface area (Å²) in [5, 5.41) is 4.19. The molecular formula is C18H20FN5O. The number of aromatic nitrogens is 4. The molecule has 2 aromatic heterocycles. The number of aryl methyl sites for hydroxylation is 2. The van der Waals surface area contributed by atoms with E-state index in [1.807, 2.05) is 40.1 Å². The van der Waals surface area contributed by atoms with Crippen molar-refractivity contribution in [3.63, 3.8) is 0 Å². The average Bonchev–Trinajstić information content (AvgIpc) is 2.96. The smallest absolute Gasteiger partial charge is 0.234 e. The summed E-state index contributed by atoms with van der Waals surface area (Å²) in [6.07, 6.45) is 5.08. The fourth-order valence-electron chi connectivity index (χ4n) is 2.43. The van der Waals surface area contributed by atoms with Gasteiger partial charge in [0.15, 0.2) is 11.6 Å². The maximum absolute atomic E-state index is 14.5. The number of halogens is 1. The molecule has 0 fully saturated rings. The molecule has 0 bridgehead atoms. The van der Waals surface area contributed by atoms with Crippen molar-refractivity contribution in [3.05, 3.63) is 54.4 Å². The van der Waals surface area contributed by atoms with Crippen LogP contribution in [0.25, 0.3) is 0 Å². The van der Waals surface area contributed by atoms with Gasteiger partial charge in [-0.3, -0.25) is 9.58 Å². The normalized spacial score (nSPS) is 11.0. The highest BCUT2D eigenvalue weighted by molar-refractivity contribution is 5.72. The monoisotopic (exact) mass is 341 g/mol. The van der Waals surface area contributed by atoms with Crippen LogP contribution in [0.2, 0.25) is 0 Å². The number of ether oxygens (including phenoxy) is 1. The van der Waals surface area contributed by atoms with Crippen LogP contribution >= 0.6 is 0 Å². The van der Waals surface area contributed by atoms with Gasteiger partial charge in [0.2, 0.25) is 5.95 Å². The number of hydrogen-bond acceptors (Lipinski definition) is 5. The molecule has 0 aliphatic carbocycles. The summed E-state index contributed by atoms with van der Waals surface area (Å²) in [6.45, 7) is 5.60. The minimum Gasteiger partial charge on any atom is -0.488 e. The lowest BCUT2D eigenvalue weighted by Gasteiger charge is -2.22. The summed E-state index contributed by atoms with van der Waals surface area (Å²) in [5.74, 6) is 0.229. The van der Waals surface area contributed by atoms with Crippen molar-refractivity contribution in [3.8, 4) is 5.75 Å². The largest absolute Gasteiger partial charge is 0.488 e. The molecule has 0 saturated heterocycles. The van der Waals surface area contributed by atoms with Crippen LogP contribution in [0.5, 0.6) is 5.75 Å². The summed E-state index contributed by atoms with van der Waals surface area (Å²) in [4.78, 5) is 10.5. The summed E-state index contributed by atoms with van der Waals surface area (Å²) >= 11 is 0. The molecule has 0 amide bonds. The van der Waals surface area contributed by atoms with E-state index < -0.39 is 5.82 Å². The summed E-state index contributed by atoms with van der Waals surface area (Å²) in [7, 11) is 1.82. The minimum absolute atomic E-state index is 0.102. The van der Waals surface area contributed by atoms with Crippen LogP contribution < -0.4 is 9.64 Å². The molecule has 0 spiro atoms. The average molecular weight is 341 g/mol. The number of anilines is 3. The van der Waals surface area contributed by atoms with Gasteiger partial charge in [0.05, 0.1) is 23.7 Å². The number of nitrogens with zero attached hydrogens (tertiary/aromatic N) is 5. The van der Waals surface area contributed by atoms with Gasteiger partial charge in [-0.2, -0.15) is 5.10 Å². The molecule has 0 N–H and O–H groups in total. The zero-order chi connectivity index (χ0) is 18.0. The Morgan fingerprint density at radius 3 is 2.60 bits per heavy atom. The van der Waals surface area contributed by atoms with Crippen molar-refractivity contribution < 1.29 is 9.13 Å². The van der Waals surface area contributed by atoms with Crippen molar-refractivity contribution >= 4 is 17.3 Å². The van der Waals surface area contributed by atoms with E-state index in [2.05, 4.69) is 15.1 Å². The third-order valence-corrected chi connectivity index (χ3v) is 3.47. The van der Waals surface area contributed by atoms with Crippen molar-refractivity contribution in [1.29, 1.82) is 0 Å². The molecule has 3 rings (SSSR count). The van der Waals surface area contributed by atoms with Gasteiger partial charge in [-0.05, 0) is 39.0 Å². The fourth-order valence-corrected chi connectivity index (χ4v) is 2.43. The van der Waals surface area contributed by atoms with Crippen LogP contribution in [0.1, 0.15) is 19.5 Å². The maximum atomic E-state index is 14.5. The molecule has 130 valence electrons. The van der Waals surface area contributed by atoms with Crippen LogP contribution in [0.3, 0.4) is 0 Å². The predicted octanol–water partition coefficient (Wildman–Crippen LogP) is 3.91. The predicted molar refractivity (Wildman–Crippen MR) is 93.9 cm³/mol. The summed E-state index contributed by atoms with van der Waals surface area (Å²) < 4.78 is 21.6. The van der Waals surface area contributed by atoms with Crippen molar-refractivity contribution in [2.24, 2.45) is 7.05 Å². The van der Waals surface area contributed by atoms with Crippen molar-refractivity contribution in [2.45, 2.75) is 26.9 Å². The third-order valence-electron chi connectivity index (χ3n) is 3.47. The van der Waals surface area contributed by atoms with E-state index in [1.165, 1.54) is 6.07 Å². The molecule has 0 saturated carbocycles. The highest BCUT2D eigenvalue weighted by Crippen LogP contribution is 2.34. The third kappa shape index (κ3) is 3.76. The zero-order valence-corrected chi connectivity index (χ0v) is 14.6. The Kier molecular flexibility index (Phi) is 4.65. The topological polar surface area (TPSA) is 56.1 Å². The quantitative estimate of drug-likeness (QED) is 0.704. The van der Waals surface area contributed by atoms with Gasteiger partial charge in [0.25, 0.3) is 0 Å². The Labute approximate surface area is 145 Å². The molecule has 0 aliphatic heterocycles. The zero-order valence-electron chi connectivity index (χ0n) is 14.6. The van der Waals surface area contributed by atoms with Gasteiger partial charge in [0.1, 0.15) is 0 Å². The molecule has 2 heterocycles. The molecule has 25 heavy (non-hydrogen) atoms. The van der Waals surface area contributed by atoms with E-state index in [9.17, 15) is 4.39 Å². The molecule has 1 aromatic carbocycles. The van der Waals surface area contributed by atoms with Crippen molar-refractivity contribution in [1.82, 2.24) is 19.7 Å². The second kappa shape index (κ2) is 6.88. The van der Waals surface area contributed by atoms with Gasteiger partial charge < -0.3 is 4.74 Å². The summed E-state index contributed by atoms with van der Waals surface area (Å²) in [5.41, 5.74) is 2.15. The van der Waals surface area contributed by atoms with Crippen LogP contribution in [-0.4, -0.2) is 25.9 Å². The van der Waals surface area contributed by atoms with Gasteiger partial charge in [-0.1, -0.05) is 0 Å². The van der Waals surface area contributed by atoms with Gasteiger partial charge >= 0.3 is 0 Å². The fraction of sp³-hybridized carbons (Fsp3) is 0.278. The van der Waals surface area contributed by atoms with Crippen molar-refractivity contribution in [2.75, 3.05) is 4.90 Å². The second-order valence-corrected chi connectivity index (χ2v) is 5.99. The molecule has 0 aliphatic rings. The molecule has 6 nitrogen and oxygen atoms in total. The van der Waals surface area contributed by atoms with E-state index in [1.54, 1.807) is 34.1 Å². The molecule has 0 unspecified atom stereocenters. The Morgan fingerprint density at radius 2 is 2.00 bits per heavy atom. The first kappa shape index (κ1) is 16.9. The Morgan fingerprint density at radius 1 is 1.20 bits per heavy atom. The number of benzene rings is 1. The minimum atomic E-state index is -0.437. The van der Waals surface area contributed by atoms with E-state index in [0.717, 1.165) is 11.4 Å². The molecule has 3 aromatic rings. The molecular weight excluding hydrogens is 321 g/mol. The van der Waals surface area contributed by atoms with E-state index in [-0.39, 0.29) is 11.9 Å². The standard InChI is InChI=1S/C18H20FN5O/c1-12(2)25-17-6-5-14(9-16(17)19)24(15-10-21-23(4)11-15)18-20-8-7-13(3)22-18/h5-12H,1-4H3. The SMILES string of the molecule is Cc1ccnc(N(c2ccc(OC(C)C)c(F)c2)c2cnn(C)c2)n1. The first-order valence-electron chi connectivity index (χ1n) is 7.98. The highest BCUT2D eigenvalue weighted by atomic mass is 19.1. The van der Waals surface area contributed by atoms with Gasteiger partial charge in [0, 0.05) is 31.2 Å². The first-order valence-corrected chi connectivity index (χ1v) is 7.98. The van der Waals surface area contributed by atoms with Gasteiger partial charge in [-0.25, -0.2) is 14.4 Å². The van der Waals surface area contributed by atoms with E-state index >= 15 is 0 Å². The van der Waals surface area contributed by atoms with Crippen LogP contribution in [0, 0.1) is 12.7 Å². The molecule has 0 radical (unpaired) electrons. The lowest BCUT2D eigenvalue weighted by atomic mass is 10.2. The Balaban J connectivity index is 2.07. The van der Waals surface area contributed by atoms with Gasteiger partial charge in [-0.15, -0.1) is 0 Å². The Hall–Kier alpha value is -2.96. The highest BCUT2D eigenvalue weighted by Gasteiger charge is 2.19. The van der Waals surface area contributed by atoms with E-state index in [0.29, 0.717) is 11.6 Å². The van der Waals surface area contributed by atoms with Crippen LogP contribution in [0.4, 0.5) is 21.7 Å². The first-order chi connectivity index (χ1) is 11.9. The molecule has 7 heteroatoms. The number of rotatable bonds is 5. The maximum Gasteiger partial charge on any atom is 0.234 e. The van der Waals surface area contributed by atoms with Crippen LogP contribution in [-0.2, 0) is 7.05 Å². The summed E-state index contributed by atoms with van der Waals surface area (Å²) in [6, 6.07) is 6.62. The van der Waals surface area contributed by atoms with Crippen LogP contribution in [0.15, 0.2) is 42.9 Å². The molecule has 0 atom stereocenters. The second-order valence-electron chi connectivity index (χ2n) is 5.99. The lowest BCUT2D eigenvalue weighted by Crippen LogP contribution is -2.14. The Bertz CT molecular complexity index is 877. The number of hydrogen-bond donors (Lipinski definition) is 0.